The average molecular weight is 561 g/mol. The van der Waals surface area contributed by atoms with Gasteiger partial charge in [0.15, 0.2) is 0 Å². The number of unbranched alkanes of at least 4 members (excludes halogenated alkanes) is 1. The zero-order valence-corrected chi connectivity index (χ0v) is 23.0. The molecule has 1 aromatic carbocycles. The second-order valence-electron chi connectivity index (χ2n) is 9.90. The Morgan fingerprint density at radius 1 is 1.05 bits per heavy atom. The fourth-order valence-electron chi connectivity index (χ4n) is 4.95. The highest BCUT2D eigenvalue weighted by molar-refractivity contribution is 8.00. The van der Waals surface area contributed by atoms with Crippen molar-refractivity contribution in [1.82, 2.24) is 26.3 Å². The number of aromatic amines is 1. The number of carbonyl (C=O) groups is 3. The third-order valence-corrected chi connectivity index (χ3v) is 8.53. The second-order valence-corrected chi connectivity index (χ2v) is 11.2. The molecular weight excluding hydrogens is 520 g/mol. The van der Waals surface area contributed by atoms with Crippen LogP contribution in [0.25, 0.3) is 10.9 Å². The molecule has 4 amide bonds. The standard InChI is InChI=1S/C27H40N6O5S/c28-20(15-18-16-31-21-6-2-1-5-19(18)21)26(35)30-10-12-38-14-13-37-11-9-29-24(34)8-4-3-7-23-25-22(17-39-23)32-27(36)33-25/h1-2,5-6,16,20,22-23,25,31H,3-4,7-15,17,28H2,(H,29,34)(H,30,35)(H2,32,33,36)/t20?,22-,23-,25-/m0/s1. The molecule has 3 heterocycles. The summed E-state index contributed by atoms with van der Waals surface area (Å²) < 4.78 is 11.0. The van der Waals surface area contributed by atoms with Gasteiger partial charge in [0.2, 0.25) is 11.8 Å². The van der Waals surface area contributed by atoms with Crippen molar-refractivity contribution in [2.24, 2.45) is 5.73 Å². The number of hydrogen-bond acceptors (Lipinski definition) is 7. The molecule has 2 fully saturated rings. The van der Waals surface area contributed by atoms with Crippen LogP contribution in [0.1, 0.15) is 31.2 Å². The topological polar surface area (TPSA) is 160 Å². The zero-order chi connectivity index (χ0) is 27.5. The molecule has 1 aromatic heterocycles. The lowest BCUT2D eigenvalue weighted by Gasteiger charge is -2.16. The van der Waals surface area contributed by atoms with Crippen molar-refractivity contribution in [3.8, 4) is 0 Å². The van der Waals surface area contributed by atoms with Gasteiger partial charge in [-0.15, -0.1) is 0 Å². The van der Waals surface area contributed by atoms with Crippen LogP contribution < -0.4 is 27.0 Å². The van der Waals surface area contributed by atoms with Crippen LogP contribution in [0.3, 0.4) is 0 Å². The molecule has 0 radical (unpaired) electrons. The van der Waals surface area contributed by atoms with Crippen molar-refractivity contribution in [3.05, 3.63) is 36.0 Å². The van der Waals surface area contributed by atoms with E-state index in [4.69, 9.17) is 15.2 Å². The minimum absolute atomic E-state index is 0.0290. The zero-order valence-electron chi connectivity index (χ0n) is 22.2. The summed E-state index contributed by atoms with van der Waals surface area (Å²) in [5, 5.41) is 13.1. The molecule has 7 N–H and O–H groups in total. The van der Waals surface area contributed by atoms with Gasteiger partial charge in [-0.2, -0.15) is 11.8 Å². The van der Waals surface area contributed by atoms with E-state index in [1.165, 1.54) is 0 Å². The molecule has 2 aromatic rings. The van der Waals surface area contributed by atoms with Crippen LogP contribution in [-0.4, -0.2) is 91.5 Å². The van der Waals surface area contributed by atoms with E-state index >= 15 is 0 Å². The third-order valence-electron chi connectivity index (χ3n) is 7.02. The van der Waals surface area contributed by atoms with E-state index < -0.39 is 6.04 Å². The first-order valence-corrected chi connectivity index (χ1v) is 14.7. The number of amides is 4. The predicted octanol–water partition coefficient (Wildman–Crippen LogP) is 1.03. The van der Waals surface area contributed by atoms with Gasteiger partial charge in [-0.1, -0.05) is 24.6 Å². The van der Waals surface area contributed by atoms with E-state index in [-0.39, 0.29) is 29.9 Å². The Morgan fingerprint density at radius 3 is 2.64 bits per heavy atom. The van der Waals surface area contributed by atoms with Gasteiger partial charge >= 0.3 is 6.03 Å². The second kappa shape index (κ2) is 15.1. The summed E-state index contributed by atoms with van der Waals surface area (Å²) in [7, 11) is 0. The smallest absolute Gasteiger partial charge is 0.315 e. The number of aromatic nitrogens is 1. The molecule has 12 heteroatoms. The molecule has 0 bridgehead atoms. The Morgan fingerprint density at radius 2 is 1.82 bits per heavy atom. The molecule has 4 rings (SSSR count). The molecule has 1 unspecified atom stereocenters. The Labute approximate surface area is 233 Å². The fraction of sp³-hybridized carbons (Fsp3) is 0.593. The van der Waals surface area contributed by atoms with Gasteiger partial charge < -0.3 is 41.5 Å². The maximum atomic E-state index is 12.3. The van der Waals surface area contributed by atoms with Crippen LogP contribution in [-0.2, 0) is 25.5 Å². The molecule has 0 saturated carbocycles. The van der Waals surface area contributed by atoms with Crippen LogP contribution in [0, 0.1) is 0 Å². The van der Waals surface area contributed by atoms with E-state index in [1.54, 1.807) is 0 Å². The molecule has 4 atom stereocenters. The number of rotatable bonds is 17. The maximum Gasteiger partial charge on any atom is 0.315 e. The monoisotopic (exact) mass is 560 g/mol. The van der Waals surface area contributed by atoms with Gasteiger partial charge in [0.25, 0.3) is 0 Å². The highest BCUT2D eigenvalue weighted by Crippen LogP contribution is 2.33. The first-order valence-electron chi connectivity index (χ1n) is 13.7. The summed E-state index contributed by atoms with van der Waals surface area (Å²) in [6, 6.07) is 7.70. The van der Waals surface area contributed by atoms with E-state index in [1.807, 2.05) is 42.2 Å². The highest BCUT2D eigenvalue weighted by atomic mass is 32.2. The van der Waals surface area contributed by atoms with Gasteiger partial charge in [0, 0.05) is 47.6 Å². The number of hydrogen-bond donors (Lipinski definition) is 6. The molecule has 214 valence electrons. The number of benzene rings is 1. The van der Waals surface area contributed by atoms with E-state index in [9.17, 15) is 14.4 Å². The summed E-state index contributed by atoms with van der Waals surface area (Å²) in [5.74, 6) is 0.778. The Hall–Kier alpha value is -2.80. The van der Waals surface area contributed by atoms with Crippen molar-refractivity contribution in [1.29, 1.82) is 0 Å². The van der Waals surface area contributed by atoms with Gasteiger partial charge in [0.05, 0.1) is 44.6 Å². The number of thioether (sulfide) groups is 1. The number of nitrogens with one attached hydrogen (secondary N) is 5. The van der Waals surface area contributed by atoms with E-state index in [0.29, 0.717) is 57.6 Å². The summed E-state index contributed by atoms with van der Waals surface area (Å²) in [6.45, 7) is 2.45. The molecule has 2 aliphatic heterocycles. The molecule has 2 saturated heterocycles. The Kier molecular flexibility index (Phi) is 11.3. The molecular formula is C27H40N6O5S. The Balaban J connectivity index is 0.930. The number of para-hydroxylation sites is 1. The van der Waals surface area contributed by atoms with E-state index in [0.717, 1.165) is 41.5 Å². The lowest BCUT2D eigenvalue weighted by molar-refractivity contribution is -0.123. The number of nitrogens with two attached hydrogens (primary N) is 1. The minimum Gasteiger partial charge on any atom is -0.377 e. The maximum absolute atomic E-state index is 12.3. The van der Waals surface area contributed by atoms with Crippen LogP contribution in [0.15, 0.2) is 30.5 Å². The van der Waals surface area contributed by atoms with Crippen LogP contribution in [0.4, 0.5) is 4.79 Å². The molecule has 0 aliphatic carbocycles. The summed E-state index contributed by atoms with van der Waals surface area (Å²) >= 11 is 1.90. The molecule has 2 aliphatic rings. The predicted molar refractivity (Wildman–Crippen MR) is 152 cm³/mol. The van der Waals surface area contributed by atoms with Gasteiger partial charge in [-0.05, 0) is 30.9 Å². The van der Waals surface area contributed by atoms with Crippen molar-refractivity contribution in [3.63, 3.8) is 0 Å². The highest BCUT2D eigenvalue weighted by Gasteiger charge is 2.42. The fourth-order valence-corrected chi connectivity index (χ4v) is 6.50. The number of carbonyl (C=O) groups excluding carboxylic acids is 3. The SMILES string of the molecule is NC(Cc1c[nH]c2ccccc12)C(=O)NCCOCCOCCNC(=O)CCCC[C@@H]1SC[C@@H]2NC(=O)N[C@@H]21. The van der Waals surface area contributed by atoms with Gasteiger partial charge in [0.1, 0.15) is 0 Å². The number of ether oxygens (including phenoxy) is 2. The number of urea groups is 1. The summed E-state index contributed by atoms with van der Waals surface area (Å²) in [6.07, 6.45) is 5.66. The lowest BCUT2D eigenvalue weighted by atomic mass is 10.0. The third kappa shape index (κ3) is 8.85. The first kappa shape index (κ1) is 29.2. The quantitative estimate of drug-likeness (QED) is 0.124. The normalized spacial score (nSPS) is 20.8. The number of fused-ring (bicyclic) bond motifs is 2. The largest absolute Gasteiger partial charge is 0.377 e. The van der Waals surface area contributed by atoms with Crippen molar-refractivity contribution >= 4 is 40.5 Å². The van der Waals surface area contributed by atoms with Gasteiger partial charge in [-0.3, -0.25) is 9.59 Å². The Bertz CT molecular complexity index is 1100. The van der Waals surface area contributed by atoms with Gasteiger partial charge in [-0.25, -0.2) is 4.79 Å². The average Bonchev–Trinajstić information content (AvgIpc) is 3.62. The van der Waals surface area contributed by atoms with Crippen molar-refractivity contribution < 1.29 is 23.9 Å². The van der Waals surface area contributed by atoms with Crippen molar-refractivity contribution in [2.45, 2.75) is 55.5 Å². The van der Waals surface area contributed by atoms with Crippen molar-refractivity contribution in [2.75, 3.05) is 45.3 Å². The number of H-pyrrole nitrogens is 1. The molecule has 0 spiro atoms. The van der Waals surface area contributed by atoms with Crippen LogP contribution >= 0.6 is 11.8 Å². The summed E-state index contributed by atoms with van der Waals surface area (Å²) in [4.78, 5) is 38.9. The van der Waals surface area contributed by atoms with Crippen LogP contribution in [0.5, 0.6) is 0 Å². The minimum atomic E-state index is -0.629. The molecule has 11 nitrogen and oxygen atoms in total. The van der Waals surface area contributed by atoms with Crippen LogP contribution in [0.2, 0.25) is 0 Å². The molecule has 39 heavy (non-hydrogen) atoms. The lowest BCUT2D eigenvalue weighted by Crippen LogP contribution is -2.43. The first-order chi connectivity index (χ1) is 19.0. The van der Waals surface area contributed by atoms with E-state index in [2.05, 4.69) is 26.3 Å². The summed E-state index contributed by atoms with van der Waals surface area (Å²) in [5.41, 5.74) is 8.13.